The van der Waals surface area contributed by atoms with Crippen LogP contribution in [-0.4, -0.2) is 16.1 Å². The van der Waals surface area contributed by atoms with Crippen LogP contribution < -0.4 is 11.1 Å². The highest BCUT2D eigenvalue weighted by Gasteiger charge is 2.14. The third-order valence-corrected chi connectivity index (χ3v) is 3.75. The van der Waals surface area contributed by atoms with E-state index >= 15 is 0 Å². The van der Waals surface area contributed by atoms with Gasteiger partial charge in [-0.05, 0) is 36.8 Å². The molecular weight excluding hydrogens is 288 g/mol. The van der Waals surface area contributed by atoms with Gasteiger partial charge in [0.1, 0.15) is 5.01 Å². The number of nitrogens with zero attached hydrogens (tertiary/aromatic N) is 2. The Hall–Kier alpha value is -2.67. The van der Waals surface area contributed by atoms with Crippen molar-refractivity contribution in [1.82, 2.24) is 10.2 Å². The summed E-state index contributed by atoms with van der Waals surface area (Å²) in [5, 5.41) is 11.8. The highest BCUT2D eigenvalue weighted by Crippen LogP contribution is 2.30. The number of hydrogen-bond donors (Lipinski definition) is 2. The summed E-state index contributed by atoms with van der Waals surface area (Å²) in [4.78, 5) is 11.9. The second kappa shape index (κ2) is 5.37. The highest BCUT2D eigenvalue weighted by atomic mass is 32.1. The molecule has 106 valence electrons. The molecule has 0 unspecified atom stereocenters. The quantitative estimate of drug-likeness (QED) is 0.725. The number of aromatic nitrogens is 2. The van der Waals surface area contributed by atoms with Crippen molar-refractivity contribution in [3.63, 3.8) is 0 Å². The van der Waals surface area contributed by atoms with E-state index in [9.17, 15) is 4.79 Å². The van der Waals surface area contributed by atoms with E-state index in [2.05, 4.69) is 15.5 Å². The number of aryl methyl sites for hydroxylation is 1. The van der Waals surface area contributed by atoms with E-state index in [1.165, 1.54) is 17.6 Å². The number of carbonyl (C=O) groups is 1. The molecule has 0 atom stereocenters. The van der Waals surface area contributed by atoms with Crippen molar-refractivity contribution in [2.45, 2.75) is 6.92 Å². The van der Waals surface area contributed by atoms with Gasteiger partial charge in [-0.2, -0.15) is 0 Å². The van der Waals surface area contributed by atoms with Crippen molar-refractivity contribution in [2.24, 2.45) is 0 Å². The standard InChI is InChI=1S/C14H12N4O2S/c1-8-4-5-9(15)7-10(8)13-17-18-14(21-13)16-12(19)11-3-2-6-20-11/h2-7H,15H2,1H3,(H,16,18,19). The largest absolute Gasteiger partial charge is 0.459 e. The van der Waals surface area contributed by atoms with Crippen LogP contribution in [0.15, 0.2) is 41.0 Å². The van der Waals surface area contributed by atoms with Crippen LogP contribution >= 0.6 is 11.3 Å². The zero-order valence-electron chi connectivity index (χ0n) is 11.2. The van der Waals surface area contributed by atoms with E-state index in [-0.39, 0.29) is 11.7 Å². The van der Waals surface area contributed by atoms with Crippen LogP contribution in [0.4, 0.5) is 10.8 Å². The Morgan fingerprint density at radius 2 is 2.19 bits per heavy atom. The second-order valence-corrected chi connectivity index (χ2v) is 5.40. The molecule has 0 spiro atoms. The lowest BCUT2D eigenvalue weighted by Crippen LogP contribution is -2.10. The lowest BCUT2D eigenvalue weighted by molar-refractivity contribution is 0.0996. The van der Waals surface area contributed by atoms with Gasteiger partial charge in [0.15, 0.2) is 5.76 Å². The summed E-state index contributed by atoms with van der Waals surface area (Å²) >= 11 is 1.28. The topological polar surface area (TPSA) is 94.0 Å². The third kappa shape index (κ3) is 2.77. The number of nitrogen functional groups attached to an aromatic ring is 1. The normalized spacial score (nSPS) is 10.5. The summed E-state index contributed by atoms with van der Waals surface area (Å²) < 4.78 is 5.02. The fourth-order valence-corrected chi connectivity index (χ4v) is 2.64. The van der Waals surface area contributed by atoms with Gasteiger partial charge >= 0.3 is 0 Å². The Morgan fingerprint density at radius 1 is 1.33 bits per heavy atom. The summed E-state index contributed by atoms with van der Waals surface area (Å²) in [7, 11) is 0. The van der Waals surface area contributed by atoms with Gasteiger partial charge in [-0.3, -0.25) is 10.1 Å². The summed E-state index contributed by atoms with van der Waals surface area (Å²) in [6, 6.07) is 8.83. The number of benzene rings is 1. The molecule has 0 fully saturated rings. The van der Waals surface area contributed by atoms with Crippen molar-refractivity contribution in [2.75, 3.05) is 11.1 Å². The smallest absolute Gasteiger partial charge is 0.293 e. The number of anilines is 2. The molecule has 7 heteroatoms. The lowest BCUT2D eigenvalue weighted by atomic mass is 10.1. The van der Waals surface area contributed by atoms with Gasteiger partial charge in [-0.15, -0.1) is 10.2 Å². The van der Waals surface area contributed by atoms with Crippen molar-refractivity contribution in [3.8, 4) is 10.6 Å². The minimum atomic E-state index is -0.355. The van der Waals surface area contributed by atoms with Crippen molar-refractivity contribution >= 4 is 28.1 Å². The Labute approximate surface area is 124 Å². The third-order valence-electron chi connectivity index (χ3n) is 2.88. The van der Waals surface area contributed by atoms with Gasteiger partial charge < -0.3 is 10.2 Å². The second-order valence-electron chi connectivity index (χ2n) is 4.42. The van der Waals surface area contributed by atoms with E-state index in [1.54, 1.807) is 12.1 Å². The van der Waals surface area contributed by atoms with Gasteiger partial charge in [0, 0.05) is 11.3 Å². The maximum Gasteiger partial charge on any atom is 0.293 e. The minimum Gasteiger partial charge on any atom is -0.459 e. The van der Waals surface area contributed by atoms with Crippen LogP contribution in [0.5, 0.6) is 0 Å². The Balaban J connectivity index is 1.83. The molecule has 6 nitrogen and oxygen atoms in total. The SMILES string of the molecule is Cc1ccc(N)cc1-c1nnc(NC(=O)c2ccco2)s1. The summed E-state index contributed by atoms with van der Waals surface area (Å²) in [5.74, 6) is -0.126. The van der Waals surface area contributed by atoms with Gasteiger partial charge in [0.2, 0.25) is 5.13 Å². The molecule has 0 aliphatic heterocycles. The first kappa shape index (κ1) is 13.3. The molecule has 0 bridgehead atoms. The molecule has 0 radical (unpaired) electrons. The molecule has 1 amide bonds. The maximum atomic E-state index is 11.9. The molecule has 0 aliphatic carbocycles. The van der Waals surface area contributed by atoms with Crippen LogP contribution in [0.2, 0.25) is 0 Å². The molecular formula is C14H12N4O2S. The van der Waals surface area contributed by atoms with Crippen molar-refractivity contribution < 1.29 is 9.21 Å². The molecule has 1 aromatic carbocycles. The molecule has 0 saturated carbocycles. The van der Waals surface area contributed by atoms with Gasteiger partial charge in [0.05, 0.1) is 6.26 Å². The first-order valence-corrected chi connectivity index (χ1v) is 7.00. The fraction of sp³-hybridized carbons (Fsp3) is 0.0714. The van der Waals surface area contributed by atoms with Crippen LogP contribution in [-0.2, 0) is 0 Å². The number of amides is 1. The van der Waals surface area contributed by atoms with E-state index in [4.69, 9.17) is 10.2 Å². The molecule has 3 rings (SSSR count). The zero-order valence-corrected chi connectivity index (χ0v) is 12.0. The molecule has 2 aromatic heterocycles. The Bertz CT molecular complexity index is 780. The highest BCUT2D eigenvalue weighted by molar-refractivity contribution is 7.18. The van der Waals surface area contributed by atoms with E-state index in [1.807, 2.05) is 25.1 Å². The molecule has 21 heavy (non-hydrogen) atoms. The summed E-state index contributed by atoms with van der Waals surface area (Å²) in [6.45, 7) is 1.97. The molecule has 0 aliphatic rings. The van der Waals surface area contributed by atoms with Crippen LogP contribution in [0.3, 0.4) is 0 Å². The zero-order chi connectivity index (χ0) is 14.8. The lowest BCUT2D eigenvalue weighted by Gasteiger charge is -2.02. The minimum absolute atomic E-state index is 0.229. The first-order valence-electron chi connectivity index (χ1n) is 6.18. The van der Waals surface area contributed by atoms with Crippen LogP contribution in [0, 0.1) is 6.92 Å². The average molecular weight is 300 g/mol. The Morgan fingerprint density at radius 3 is 2.95 bits per heavy atom. The van der Waals surface area contributed by atoms with Gasteiger partial charge in [0.25, 0.3) is 5.91 Å². The number of nitrogens with two attached hydrogens (primary N) is 1. The van der Waals surface area contributed by atoms with E-state index < -0.39 is 0 Å². The van der Waals surface area contributed by atoms with Gasteiger partial charge in [-0.25, -0.2) is 0 Å². The van der Waals surface area contributed by atoms with Crippen molar-refractivity contribution in [1.29, 1.82) is 0 Å². The predicted molar refractivity (Wildman–Crippen MR) is 81.2 cm³/mol. The number of hydrogen-bond acceptors (Lipinski definition) is 6. The molecule has 0 saturated heterocycles. The summed E-state index contributed by atoms with van der Waals surface area (Å²) in [6.07, 6.45) is 1.44. The molecule has 3 aromatic rings. The summed E-state index contributed by atoms with van der Waals surface area (Å²) in [5.41, 5.74) is 8.40. The maximum absolute atomic E-state index is 11.9. The average Bonchev–Trinajstić information content (AvgIpc) is 3.12. The number of furan rings is 1. The van der Waals surface area contributed by atoms with Crippen LogP contribution in [0.1, 0.15) is 16.1 Å². The fourth-order valence-electron chi connectivity index (χ4n) is 1.82. The van der Waals surface area contributed by atoms with Crippen molar-refractivity contribution in [3.05, 3.63) is 47.9 Å². The Kier molecular flexibility index (Phi) is 3.41. The van der Waals surface area contributed by atoms with E-state index in [0.717, 1.165) is 11.1 Å². The van der Waals surface area contributed by atoms with Gasteiger partial charge in [-0.1, -0.05) is 17.4 Å². The van der Waals surface area contributed by atoms with E-state index in [0.29, 0.717) is 15.8 Å². The number of carbonyl (C=O) groups excluding carboxylic acids is 1. The molecule has 3 N–H and O–H groups in total. The number of rotatable bonds is 3. The number of nitrogens with one attached hydrogen (secondary N) is 1. The first-order chi connectivity index (χ1) is 10.1. The van der Waals surface area contributed by atoms with Crippen LogP contribution in [0.25, 0.3) is 10.6 Å². The molecule has 2 heterocycles. The predicted octanol–water partition coefficient (Wildman–Crippen LogP) is 2.94. The monoisotopic (exact) mass is 300 g/mol.